The highest BCUT2D eigenvalue weighted by molar-refractivity contribution is 5.42. The second-order valence-electron chi connectivity index (χ2n) is 5.86. The molecule has 1 aromatic rings. The van der Waals surface area contributed by atoms with Crippen LogP contribution in [0.15, 0.2) is 18.3 Å². The number of hydrogen-bond donors (Lipinski definition) is 1. The average molecular weight is 260 g/mol. The quantitative estimate of drug-likeness (QED) is 0.898. The van der Waals surface area contributed by atoms with E-state index in [0.717, 1.165) is 18.3 Å². The first kappa shape index (κ1) is 12.9. The normalized spacial score (nSPS) is 28.3. The Morgan fingerprint density at radius 1 is 1.42 bits per heavy atom. The van der Waals surface area contributed by atoms with Gasteiger partial charge >= 0.3 is 0 Å². The fraction of sp³-hybridized carbons (Fsp3) is 0.667. The van der Waals surface area contributed by atoms with Gasteiger partial charge in [0.05, 0.1) is 5.69 Å². The number of hydrogen-bond acceptors (Lipinski definition) is 4. The molecule has 0 amide bonds. The lowest BCUT2D eigenvalue weighted by Gasteiger charge is -2.42. The van der Waals surface area contributed by atoms with E-state index in [9.17, 15) is 0 Å². The first-order chi connectivity index (χ1) is 9.26. The van der Waals surface area contributed by atoms with Crippen LogP contribution >= 0.6 is 0 Å². The van der Waals surface area contributed by atoms with Crippen molar-refractivity contribution in [1.29, 1.82) is 0 Å². The monoisotopic (exact) mass is 260 g/mol. The number of nitrogens with zero attached hydrogens (tertiary/aromatic N) is 3. The summed E-state index contributed by atoms with van der Waals surface area (Å²) in [6.07, 6.45) is 4.64. The van der Waals surface area contributed by atoms with Gasteiger partial charge in [0, 0.05) is 50.6 Å². The fourth-order valence-electron chi connectivity index (χ4n) is 3.40. The number of fused-ring (bicyclic) bond motifs is 1. The van der Waals surface area contributed by atoms with Crippen LogP contribution in [0.5, 0.6) is 0 Å². The molecular formula is C15H24N4. The van der Waals surface area contributed by atoms with Crippen molar-refractivity contribution >= 4 is 5.69 Å². The van der Waals surface area contributed by atoms with Crippen molar-refractivity contribution in [3.05, 3.63) is 24.0 Å². The van der Waals surface area contributed by atoms with Crippen LogP contribution < -0.4 is 5.32 Å². The van der Waals surface area contributed by atoms with E-state index >= 15 is 0 Å². The van der Waals surface area contributed by atoms with Crippen molar-refractivity contribution in [3.63, 3.8) is 0 Å². The molecule has 2 aliphatic heterocycles. The Balaban J connectivity index is 1.68. The summed E-state index contributed by atoms with van der Waals surface area (Å²) in [5.74, 6) is 0. The summed E-state index contributed by atoms with van der Waals surface area (Å²) < 4.78 is 0. The molecule has 1 aromatic heterocycles. The lowest BCUT2D eigenvalue weighted by atomic mass is 10.1. The molecule has 0 aromatic carbocycles. The van der Waals surface area contributed by atoms with Gasteiger partial charge in [0.2, 0.25) is 0 Å². The zero-order valence-corrected chi connectivity index (χ0v) is 12.0. The molecule has 0 saturated carbocycles. The van der Waals surface area contributed by atoms with E-state index in [1.165, 1.54) is 38.2 Å². The van der Waals surface area contributed by atoms with Crippen LogP contribution in [-0.2, 0) is 6.54 Å². The molecule has 1 N–H and O–H groups in total. The number of anilines is 1. The summed E-state index contributed by atoms with van der Waals surface area (Å²) in [7, 11) is 1.96. The molecule has 2 aliphatic rings. The van der Waals surface area contributed by atoms with E-state index in [1.54, 1.807) is 0 Å². The van der Waals surface area contributed by atoms with Crippen molar-refractivity contribution in [2.75, 3.05) is 32.0 Å². The van der Waals surface area contributed by atoms with Gasteiger partial charge in [-0.25, -0.2) is 0 Å². The summed E-state index contributed by atoms with van der Waals surface area (Å²) in [5.41, 5.74) is 2.32. The molecule has 3 heterocycles. The van der Waals surface area contributed by atoms with E-state index in [0.29, 0.717) is 6.04 Å². The van der Waals surface area contributed by atoms with E-state index in [2.05, 4.69) is 33.1 Å². The van der Waals surface area contributed by atoms with E-state index in [-0.39, 0.29) is 0 Å². The smallest absolute Gasteiger partial charge is 0.0564 e. The Morgan fingerprint density at radius 3 is 3.16 bits per heavy atom. The minimum atomic E-state index is 0.634. The van der Waals surface area contributed by atoms with Crippen molar-refractivity contribution in [1.82, 2.24) is 14.8 Å². The molecule has 0 spiro atoms. The fourth-order valence-corrected chi connectivity index (χ4v) is 3.40. The summed E-state index contributed by atoms with van der Waals surface area (Å²) in [5, 5.41) is 3.19. The summed E-state index contributed by atoms with van der Waals surface area (Å²) in [4.78, 5) is 9.76. The third kappa shape index (κ3) is 2.74. The van der Waals surface area contributed by atoms with Gasteiger partial charge in [-0.2, -0.15) is 0 Å². The van der Waals surface area contributed by atoms with E-state index < -0.39 is 0 Å². The first-order valence-electron chi connectivity index (χ1n) is 7.37. The predicted octanol–water partition coefficient (Wildman–Crippen LogP) is 1.79. The SMILES string of the molecule is CNc1ccnc(CN2CC3CCCN3CC2C)c1. The number of rotatable bonds is 3. The third-order valence-corrected chi connectivity index (χ3v) is 4.54. The molecule has 0 bridgehead atoms. The number of pyridine rings is 1. The van der Waals surface area contributed by atoms with Crippen LogP contribution in [0.25, 0.3) is 0 Å². The molecule has 2 atom stereocenters. The Hall–Kier alpha value is -1.13. The van der Waals surface area contributed by atoms with Gasteiger partial charge in [-0.05, 0) is 38.4 Å². The van der Waals surface area contributed by atoms with Gasteiger partial charge < -0.3 is 5.32 Å². The number of nitrogens with one attached hydrogen (secondary N) is 1. The average Bonchev–Trinajstić information content (AvgIpc) is 2.86. The van der Waals surface area contributed by atoms with Crippen LogP contribution in [0.4, 0.5) is 5.69 Å². The Labute approximate surface area is 115 Å². The van der Waals surface area contributed by atoms with Crippen molar-refractivity contribution in [3.8, 4) is 0 Å². The van der Waals surface area contributed by atoms with Crippen LogP contribution in [0.3, 0.4) is 0 Å². The maximum absolute atomic E-state index is 4.51. The van der Waals surface area contributed by atoms with Crippen molar-refractivity contribution < 1.29 is 0 Å². The van der Waals surface area contributed by atoms with Crippen LogP contribution in [0.2, 0.25) is 0 Å². The number of piperazine rings is 1. The van der Waals surface area contributed by atoms with Crippen LogP contribution in [-0.4, -0.2) is 53.5 Å². The van der Waals surface area contributed by atoms with Gasteiger partial charge in [0.25, 0.3) is 0 Å². The van der Waals surface area contributed by atoms with E-state index in [1.807, 2.05) is 19.3 Å². The maximum atomic E-state index is 4.51. The standard InChI is InChI=1S/C15H24N4/c1-12-9-18-7-3-4-15(18)11-19(12)10-14-8-13(16-2)5-6-17-14/h5-6,8,12,15H,3-4,7,9-11H2,1-2H3,(H,16,17). The van der Waals surface area contributed by atoms with Gasteiger partial charge in [0.1, 0.15) is 0 Å². The van der Waals surface area contributed by atoms with Crippen molar-refractivity contribution in [2.24, 2.45) is 0 Å². The summed E-state index contributed by atoms with van der Waals surface area (Å²) >= 11 is 0. The lowest BCUT2D eigenvalue weighted by Crippen LogP contribution is -2.54. The molecule has 4 heteroatoms. The second kappa shape index (κ2) is 5.47. The third-order valence-electron chi connectivity index (χ3n) is 4.54. The Bertz CT molecular complexity index is 434. The molecule has 2 saturated heterocycles. The Morgan fingerprint density at radius 2 is 2.32 bits per heavy atom. The minimum Gasteiger partial charge on any atom is -0.388 e. The maximum Gasteiger partial charge on any atom is 0.0564 e. The zero-order valence-electron chi connectivity index (χ0n) is 12.0. The summed E-state index contributed by atoms with van der Waals surface area (Å²) in [6.45, 7) is 7.04. The minimum absolute atomic E-state index is 0.634. The van der Waals surface area contributed by atoms with Crippen LogP contribution in [0.1, 0.15) is 25.5 Å². The lowest BCUT2D eigenvalue weighted by molar-refractivity contribution is 0.0532. The summed E-state index contributed by atoms with van der Waals surface area (Å²) in [6, 6.07) is 5.59. The van der Waals surface area contributed by atoms with Gasteiger partial charge in [0.15, 0.2) is 0 Å². The molecule has 104 valence electrons. The Kier molecular flexibility index (Phi) is 3.71. The van der Waals surface area contributed by atoms with E-state index in [4.69, 9.17) is 0 Å². The van der Waals surface area contributed by atoms with Gasteiger partial charge in [-0.1, -0.05) is 0 Å². The largest absolute Gasteiger partial charge is 0.388 e. The predicted molar refractivity (Wildman–Crippen MR) is 78.3 cm³/mol. The van der Waals surface area contributed by atoms with Crippen LogP contribution in [0, 0.1) is 0 Å². The molecule has 19 heavy (non-hydrogen) atoms. The highest BCUT2D eigenvalue weighted by Crippen LogP contribution is 2.25. The molecule has 0 aliphatic carbocycles. The first-order valence-corrected chi connectivity index (χ1v) is 7.37. The molecule has 0 radical (unpaired) electrons. The van der Waals surface area contributed by atoms with Crippen molar-refractivity contribution in [2.45, 2.75) is 38.4 Å². The second-order valence-corrected chi connectivity index (χ2v) is 5.86. The zero-order chi connectivity index (χ0) is 13.2. The molecular weight excluding hydrogens is 236 g/mol. The van der Waals surface area contributed by atoms with Gasteiger partial charge in [-0.15, -0.1) is 0 Å². The molecule has 2 unspecified atom stereocenters. The molecule has 3 rings (SSSR count). The number of aromatic nitrogens is 1. The molecule has 2 fully saturated rings. The molecule has 4 nitrogen and oxygen atoms in total. The topological polar surface area (TPSA) is 31.4 Å². The highest BCUT2D eigenvalue weighted by atomic mass is 15.3. The highest BCUT2D eigenvalue weighted by Gasteiger charge is 2.34. The van der Waals surface area contributed by atoms with Gasteiger partial charge in [-0.3, -0.25) is 14.8 Å².